The molecule has 1 heterocycles. The Morgan fingerprint density at radius 2 is 2.00 bits per heavy atom. The molecule has 0 aromatic rings. The van der Waals surface area contributed by atoms with Gasteiger partial charge in [0.25, 0.3) is 0 Å². The summed E-state index contributed by atoms with van der Waals surface area (Å²) in [5.41, 5.74) is 0. The van der Waals surface area contributed by atoms with Crippen LogP contribution >= 0.6 is 0 Å². The first kappa shape index (κ1) is 15.7. The lowest BCUT2D eigenvalue weighted by molar-refractivity contribution is -0.140. The normalized spacial score (nSPS) is 18.8. The quantitative estimate of drug-likeness (QED) is 0.521. The van der Waals surface area contributed by atoms with Crippen LogP contribution in [0, 0.1) is 5.92 Å². The second kappa shape index (κ2) is 7.96. The van der Waals surface area contributed by atoms with Gasteiger partial charge in [-0.2, -0.15) is 0 Å². The van der Waals surface area contributed by atoms with E-state index in [0.29, 0.717) is 12.5 Å². The second-order valence-corrected chi connectivity index (χ2v) is 5.01. The highest BCUT2D eigenvalue weighted by Gasteiger charge is 2.19. The number of piperidine rings is 1. The van der Waals surface area contributed by atoms with Gasteiger partial charge in [-0.3, -0.25) is 0 Å². The van der Waals surface area contributed by atoms with Crippen LogP contribution in [0.1, 0.15) is 19.3 Å². The Labute approximate surface area is 113 Å². The maximum absolute atomic E-state index is 11.4. The summed E-state index contributed by atoms with van der Waals surface area (Å²) in [4.78, 5) is 24.3. The topological polar surface area (TPSA) is 102 Å². The van der Waals surface area contributed by atoms with Crippen LogP contribution in [0.15, 0.2) is 0 Å². The van der Waals surface area contributed by atoms with Crippen molar-refractivity contribution in [3.8, 4) is 0 Å². The number of urea groups is 1. The van der Waals surface area contributed by atoms with Crippen LogP contribution in [-0.4, -0.2) is 66.4 Å². The van der Waals surface area contributed by atoms with Crippen molar-refractivity contribution in [2.45, 2.75) is 25.3 Å². The Hall–Kier alpha value is -1.34. The Morgan fingerprint density at radius 1 is 1.37 bits per heavy atom. The molecule has 19 heavy (non-hydrogen) atoms. The van der Waals surface area contributed by atoms with Gasteiger partial charge in [0.05, 0.1) is 6.61 Å². The fourth-order valence-electron chi connectivity index (χ4n) is 2.14. The number of nitrogens with one attached hydrogen (secondary N) is 2. The number of hydrogen-bond acceptors (Lipinski definition) is 4. The number of amides is 2. The van der Waals surface area contributed by atoms with E-state index in [1.807, 2.05) is 0 Å². The monoisotopic (exact) mass is 273 g/mol. The molecular weight excluding hydrogens is 250 g/mol. The predicted molar refractivity (Wildman–Crippen MR) is 69.9 cm³/mol. The van der Waals surface area contributed by atoms with Crippen LogP contribution in [0.4, 0.5) is 4.79 Å². The van der Waals surface area contributed by atoms with Crippen molar-refractivity contribution < 1.29 is 19.8 Å². The molecular formula is C12H23N3O4. The maximum Gasteiger partial charge on any atom is 0.328 e. The minimum absolute atomic E-state index is 0.526. The fourth-order valence-corrected chi connectivity index (χ4v) is 2.14. The van der Waals surface area contributed by atoms with Crippen LogP contribution in [-0.2, 0) is 4.79 Å². The molecule has 0 aliphatic carbocycles. The van der Waals surface area contributed by atoms with Gasteiger partial charge in [-0.1, -0.05) is 0 Å². The van der Waals surface area contributed by atoms with Gasteiger partial charge in [0, 0.05) is 6.54 Å². The van der Waals surface area contributed by atoms with Gasteiger partial charge in [0.15, 0.2) is 6.04 Å². The Morgan fingerprint density at radius 3 is 2.53 bits per heavy atom. The first-order valence-corrected chi connectivity index (χ1v) is 6.59. The van der Waals surface area contributed by atoms with E-state index in [0.717, 1.165) is 32.4 Å². The van der Waals surface area contributed by atoms with E-state index in [-0.39, 0.29) is 0 Å². The first-order chi connectivity index (χ1) is 9.02. The lowest BCUT2D eigenvalue weighted by atomic mass is 9.94. The van der Waals surface area contributed by atoms with E-state index in [2.05, 4.69) is 22.6 Å². The molecule has 0 radical (unpaired) electrons. The standard InChI is InChI=1S/C12H23N3O4/c1-15-6-3-9(4-7-15)2-5-13-12(19)14-10(8-16)11(17)18/h9-10,16H,2-8H2,1H3,(H,17,18)(H2,13,14,19). The largest absolute Gasteiger partial charge is 0.480 e. The van der Waals surface area contributed by atoms with E-state index in [9.17, 15) is 9.59 Å². The summed E-state index contributed by atoms with van der Waals surface area (Å²) in [6.45, 7) is 2.08. The van der Waals surface area contributed by atoms with E-state index >= 15 is 0 Å². The van der Waals surface area contributed by atoms with Crippen LogP contribution in [0.5, 0.6) is 0 Å². The molecule has 0 bridgehead atoms. The number of carbonyl (C=O) groups is 2. The smallest absolute Gasteiger partial charge is 0.328 e. The number of carboxylic acids is 1. The van der Waals surface area contributed by atoms with Gasteiger partial charge < -0.3 is 25.7 Å². The van der Waals surface area contributed by atoms with Gasteiger partial charge in [0.2, 0.25) is 0 Å². The zero-order valence-electron chi connectivity index (χ0n) is 11.3. The van der Waals surface area contributed by atoms with Crippen molar-refractivity contribution >= 4 is 12.0 Å². The number of carboxylic acid groups (broad SMARTS) is 1. The number of likely N-dealkylation sites (tertiary alicyclic amines) is 1. The molecule has 1 atom stereocenters. The second-order valence-electron chi connectivity index (χ2n) is 5.01. The highest BCUT2D eigenvalue weighted by molar-refractivity contribution is 5.82. The molecule has 1 unspecified atom stereocenters. The number of aliphatic carboxylic acids is 1. The van der Waals surface area contributed by atoms with E-state index in [4.69, 9.17) is 10.2 Å². The van der Waals surface area contributed by atoms with Crippen molar-refractivity contribution in [2.75, 3.05) is 33.3 Å². The van der Waals surface area contributed by atoms with E-state index in [1.165, 1.54) is 0 Å². The lowest BCUT2D eigenvalue weighted by Gasteiger charge is -2.28. The van der Waals surface area contributed by atoms with Crippen LogP contribution in [0.3, 0.4) is 0 Å². The average Bonchev–Trinajstić information content (AvgIpc) is 2.38. The highest BCUT2D eigenvalue weighted by Crippen LogP contribution is 2.18. The Kier molecular flexibility index (Phi) is 6.58. The van der Waals surface area contributed by atoms with Crippen molar-refractivity contribution in [1.82, 2.24) is 15.5 Å². The highest BCUT2D eigenvalue weighted by atomic mass is 16.4. The molecule has 110 valence electrons. The van der Waals surface area contributed by atoms with Crippen molar-refractivity contribution in [3.05, 3.63) is 0 Å². The lowest BCUT2D eigenvalue weighted by Crippen LogP contribution is -2.48. The Balaban J connectivity index is 2.15. The molecule has 1 rings (SSSR count). The van der Waals surface area contributed by atoms with Gasteiger partial charge in [-0.05, 0) is 45.3 Å². The summed E-state index contributed by atoms with van der Waals surface area (Å²) >= 11 is 0. The zero-order valence-corrected chi connectivity index (χ0v) is 11.3. The van der Waals surface area contributed by atoms with Gasteiger partial charge in [-0.15, -0.1) is 0 Å². The number of hydrogen-bond donors (Lipinski definition) is 4. The SMILES string of the molecule is CN1CCC(CCNC(=O)NC(CO)C(=O)O)CC1. The van der Waals surface area contributed by atoms with Crippen LogP contribution in [0.2, 0.25) is 0 Å². The molecule has 1 aliphatic rings. The molecule has 2 amide bonds. The number of aliphatic hydroxyl groups excluding tert-OH is 1. The molecule has 7 heteroatoms. The minimum Gasteiger partial charge on any atom is -0.480 e. The molecule has 0 aromatic heterocycles. The maximum atomic E-state index is 11.4. The summed E-state index contributed by atoms with van der Waals surface area (Å²) < 4.78 is 0. The zero-order chi connectivity index (χ0) is 14.3. The van der Waals surface area contributed by atoms with E-state index in [1.54, 1.807) is 0 Å². The molecule has 1 aliphatic heterocycles. The van der Waals surface area contributed by atoms with Crippen LogP contribution in [0.25, 0.3) is 0 Å². The molecule has 0 saturated carbocycles. The summed E-state index contributed by atoms with van der Waals surface area (Å²) in [5.74, 6) is -0.627. The molecule has 7 nitrogen and oxygen atoms in total. The third-order valence-electron chi connectivity index (χ3n) is 3.46. The molecule has 0 spiro atoms. The van der Waals surface area contributed by atoms with Crippen molar-refractivity contribution in [1.29, 1.82) is 0 Å². The van der Waals surface area contributed by atoms with Crippen molar-refractivity contribution in [2.24, 2.45) is 5.92 Å². The van der Waals surface area contributed by atoms with Gasteiger partial charge >= 0.3 is 12.0 Å². The number of aliphatic hydroxyl groups is 1. The third-order valence-corrected chi connectivity index (χ3v) is 3.46. The minimum atomic E-state index is -1.25. The molecule has 1 fully saturated rings. The molecule has 0 aromatic carbocycles. The number of rotatable bonds is 6. The van der Waals surface area contributed by atoms with Gasteiger partial charge in [0.1, 0.15) is 0 Å². The number of carbonyl (C=O) groups excluding carboxylic acids is 1. The molecule has 1 saturated heterocycles. The predicted octanol–water partition coefficient (Wildman–Crippen LogP) is -0.537. The van der Waals surface area contributed by atoms with Crippen LogP contribution < -0.4 is 10.6 Å². The third kappa shape index (κ3) is 5.89. The first-order valence-electron chi connectivity index (χ1n) is 6.59. The van der Waals surface area contributed by atoms with E-state index < -0.39 is 24.6 Å². The fraction of sp³-hybridized carbons (Fsp3) is 0.833. The Bertz CT molecular complexity index is 303. The number of nitrogens with zero attached hydrogens (tertiary/aromatic N) is 1. The summed E-state index contributed by atoms with van der Waals surface area (Å²) in [6, 6.07) is -1.79. The van der Waals surface area contributed by atoms with Gasteiger partial charge in [-0.25, -0.2) is 9.59 Å². The average molecular weight is 273 g/mol. The van der Waals surface area contributed by atoms with Crippen molar-refractivity contribution in [3.63, 3.8) is 0 Å². The molecule has 4 N–H and O–H groups in total. The summed E-state index contributed by atoms with van der Waals surface area (Å²) in [6.07, 6.45) is 3.17. The summed E-state index contributed by atoms with van der Waals surface area (Å²) in [7, 11) is 2.10. The summed E-state index contributed by atoms with van der Waals surface area (Å²) in [5, 5.41) is 22.3.